The highest BCUT2D eigenvalue weighted by Gasteiger charge is 2.22. The fourth-order valence-corrected chi connectivity index (χ4v) is 1.88. The maximum atomic E-state index is 12.0. The molecule has 1 unspecified atom stereocenters. The normalized spacial score (nSPS) is 11.9. The first-order valence-electron chi connectivity index (χ1n) is 6.66. The number of esters is 1. The summed E-state index contributed by atoms with van der Waals surface area (Å²) in [5.74, 6) is -0.788. The zero-order valence-electron chi connectivity index (χ0n) is 11.4. The lowest BCUT2D eigenvalue weighted by atomic mass is 9.99. The maximum absolute atomic E-state index is 12.0. The van der Waals surface area contributed by atoms with Crippen molar-refractivity contribution in [2.75, 3.05) is 6.61 Å². The molecule has 110 valence electrons. The summed E-state index contributed by atoms with van der Waals surface area (Å²) in [6.45, 7) is 1.96. The second kappa shape index (κ2) is 8.27. The second-order valence-corrected chi connectivity index (χ2v) is 4.47. The van der Waals surface area contributed by atoms with Gasteiger partial charge in [-0.1, -0.05) is 25.5 Å². The van der Waals surface area contributed by atoms with Crippen LogP contribution in [0.4, 0.5) is 5.69 Å². The molecular formula is C14H19NO5. The largest absolute Gasteiger partial charge is 0.419 e. The molecule has 0 bridgehead atoms. The summed E-state index contributed by atoms with van der Waals surface area (Å²) < 4.78 is 5.15. The van der Waals surface area contributed by atoms with E-state index in [4.69, 9.17) is 9.84 Å². The Morgan fingerprint density at radius 2 is 2.10 bits per heavy atom. The van der Waals surface area contributed by atoms with Gasteiger partial charge in [-0.3, -0.25) is 14.9 Å². The van der Waals surface area contributed by atoms with Gasteiger partial charge >= 0.3 is 11.7 Å². The third-order valence-corrected chi connectivity index (χ3v) is 3.06. The van der Waals surface area contributed by atoms with Crippen LogP contribution in [0.15, 0.2) is 24.3 Å². The molecule has 1 N–H and O–H groups in total. The number of aliphatic hydroxyl groups excluding tert-OH is 1. The van der Waals surface area contributed by atoms with E-state index in [1.807, 2.05) is 6.92 Å². The molecule has 0 aliphatic carbocycles. The van der Waals surface area contributed by atoms with Crippen molar-refractivity contribution in [2.45, 2.75) is 32.6 Å². The highest BCUT2D eigenvalue weighted by Crippen LogP contribution is 2.27. The van der Waals surface area contributed by atoms with E-state index in [-0.39, 0.29) is 24.0 Å². The molecule has 0 spiro atoms. The molecule has 0 radical (unpaired) electrons. The molecule has 20 heavy (non-hydrogen) atoms. The van der Waals surface area contributed by atoms with Crippen LogP contribution in [0.5, 0.6) is 5.75 Å². The van der Waals surface area contributed by atoms with Crippen molar-refractivity contribution in [3.05, 3.63) is 34.4 Å². The van der Waals surface area contributed by atoms with Gasteiger partial charge in [0.1, 0.15) is 0 Å². The summed E-state index contributed by atoms with van der Waals surface area (Å²) in [6, 6.07) is 5.82. The van der Waals surface area contributed by atoms with Crippen LogP contribution in [0.25, 0.3) is 0 Å². The minimum Gasteiger partial charge on any atom is -0.419 e. The maximum Gasteiger partial charge on any atom is 0.314 e. The van der Waals surface area contributed by atoms with Crippen molar-refractivity contribution in [3.8, 4) is 5.75 Å². The van der Waals surface area contributed by atoms with Gasteiger partial charge in [0.05, 0.1) is 10.8 Å². The molecule has 0 heterocycles. The first-order chi connectivity index (χ1) is 9.60. The van der Waals surface area contributed by atoms with Gasteiger partial charge in [-0.2, -0.15) is 0 Å². The average molecular weight is 281 g/mol. The van der Waals surface area contributed by atoms with Crippen LogP contribution in [0.3, 0.4) is 0 Å². The minimum absolute atomic E-state index is 0.0249. The van der Waals surface area contributed by atoms with Gasteiger partial charge in [-0.15, -0.1) is 0 Å². The van der Waals surface area contributed by atoms with E-state index in [1.165, 1.54) is 18.2 Å². The lowest BCUT2D eigenvalue weighted by Gasteiger charge is -2.13. The lowest BCUT2D eigenvalue weighted by Crippen LogP contribution is -2.20. The number of carbonyl (C=O) groups excluding carboxylic acids is 1. The molecule has 0 saturated heterocycles. The molecule has 0 amide bonds. The number of benzene rings is 1. The molecule has 0 aromatic heterocycles. The second-order valence-electron chi connectivity index (χ2n) is 4.47. The number of hydrogen-bond donors (Lipinski definition) is 1. The highest BCUT2D eigenvalue weighted by atomic mass is 16.6. The van der Waals surface area contributed by atoms with Crippen LogP contribution in [0, 0.1) is 16.0 Å². The van der Waals surface area contributed by atoms with E-state index in [9.17, 15) is 14.9 Å². The van der Waals surface area contributed by atoms with E-state index in [0.717, 1.165) is 6.42 Å². The fourth-order valence-electron chi connectivity index (χ4n) is 1.88. The molecular weight excluding hydrogens is 262 g/mol. The Balaban J connectivity index is 2.71. The van der Waals surface area contributed by atoms with Gasteiger partial charge in [0.25, 0.3) is 0 Å². The standard InChI is InChI=1S/C14H19NO5/c1-2-11(7-5-6-10-16)14(17)20-13-9-4-3-8-12(13)15(18)19/h3-4,8-9,11,16H,2,5-7,10H2,1H3. The summed E-state index contributed by atoms with van der Waals surface area (Å²) in [4.78, 5) is 22.3. The third kappa shape index (κ3) is 4.62. The monoisotopic (exact) mass is 281 g/mol. The Labute approximate surface area is 117 Å². The summed E-state index contributed by atoms with van der Waals surface area (Å²) in [5.41, 5.74) is -0.217. The van der Waals surface area contributed by atoms with Crippen LogP contribution in [0.1, 0.15) is 32.6 Å². The predicted octanol–water partition coefficient (Wildman–Crippen LogP) is 2.69. The van der Waals surface area contributed by atoms with Crippen LogP contribution < -0.4 is 4.74 Å². The molecule has 0 aliphatic heterocycles. The van der Waals surface area contributed by atoms with Crippen LogP contribution in [-0.2, 0) is 4.79 Å². The van der Waals surface area contributed by atoms with Gasteiger partial charge in [0, 0.05) is 12.7 Å². The van der Waals surface area contributed by atoms with Crippen molar-refractivity contribution < 1.29 is 19.6 Å². The van der Waals surface area contributed by atoms with Crippen molar-refractivity contribution in [1.29, 1.82) is 0 Å². The molecule has 0 aliphatic rings. The number of nitro benzene ring substituents is 1. The van der Waals surface area contributed by atoms with Gasteiger partial charge < -0.3 is 9.84 Å². The molecule has 1 atom stereocenters. The predicted molar refractivity (Wildman–Crippen MR) is 73.4 cm³/mol. The Kier molecular flexibility index (Phi) is 6.66. The van der Waals surface area contributed by atoms with E-state index >= 15 is 0 Å². The number of nitro groups is 1. The van der Waals surface area contributed by atoms with Crippen LogP contribution in [0.2, 0.25) is 0 Å². The zero-order valence-corrected chi connectivity index (χ0v) is 11.4. The number of ether oxygens (including phenoxy) is 1. The smallest absolute Gasteiger partial charge is 0.314 e. The van der Waals surface area contributed by atoms with Crippen molar-refractivity contribution >= 4 is 11.7 Å². The summed E-state index contributed by atoms with van der Waals surface area (Å²) in [5, 5.41) is 19.6. The minimum atomic E-state index is -0.574. The molecule has 1 aromatic carbocycles. The first-order valence-corrected chi connectivity index (χ1v) is 6.66. The first kappa shape index (κ1) is 16.1. The van der Waals surface area contributed by atoms with E-state index in [1.54, 1.807) is 6.07 Å². The molecule has 6 heteroatoms. The number of unbranched alkanes of at least 4 members (excludes halogenated alkanes) is 1. The summed E-state index contributed by atoms with van der Waals surface area (Å²) in [6.07, 6.45) is 2.57. The average Bonchev–Trinajstić information content (AvgIpc) is 2.44. The number of rotatable bonds is 8. The van der Waals surface area contributed by atoms with Crippen LogP contribution in [-0.4, -0.2) is 22.6 Å². The van der Waals surface area contributed by atoms with Gasteiger partial charge in [-0.05, 0) is 25.3 Å². The van der Waals surface area contributed by atoms with Gasteiger partial charge in [-0.25, -0.2) is 0 Å². The third-order valence-electron chi connectivity index (χ3n) is 3.06. The van der Waals surface area contributed by atoms with Crippen molar-refractivity contribution in [2.24, 2.45) is 5.92 Å². The van der Waals surface area contributed by atoms with Crippen LogP contribution >= 0.6 is 0 Å². The molecule has 1 aromatic rings. The number of nitrogens with zero attached hydrogens (tertiary/aromatic N) is 1. The SMILES string of the molecule is CCC(CCCCO)C(=O)Oc1ccccc1[N+](=O)[O-]. The number of hydrogen-bond acceptors (Lipinski definition) is 5. The topological polar surface area (TPSA) is 89.7 Å². The molecule has 0 saturated carbocycles. The van der Waals surface area contributed by atoms with Gasteiger partial charge in [0.15, 0.2) is 0 Å². The highest BCUT2D eigenvalue weighted by molar-refractivity contribution is 5.76. The Bertz CT molecular complexity index is 461. The fraction of sp³-hybridized carbons (Fsp3) is 0.500. The quantitative estimate of drug-likeness (QED) is 0.260. The number of aliphatic hydroxyl groups is 1. The van der Waals surface area contributed by atoms with Crippen molar-refractivity contribution in [1.82, 2.24) is 0 Å². The molecule has 0 fully saturated rings. The molecule has 1 rings (SSSR count). The lowest BCUT2D eigenvalue weighted by molar-refractivity contribution is -0.385. The summed E-state index contributed by atoms with van der Waals surface area (Å²) >= 11 is 0. The molecule has 6 nitrogen and oxygen atoms in total. The Morgan fingerprint density at radius 3 is 2.70 bits per heavy atom. The Hall–Kier alpha value is -1.95. The van der Waals surface area contributed by atoms with E-state index in [0.29, 0.717) is 19.3 Å². The summed E-state index contributed by atoms with van der Waals surface area (Å²) in [7, 11) is 0. The number of carbonyl (C=O) groups is 1. The van der Waals surface area contributed by atoms with Gasteiger partial charge in [0.2, 0.25) is 5.75 Å². The number of para-hydroxylation sites is 2. The van der Waals surface area contributed by atoms with E-state index < -0.39 is 10.9 Å². The zero-order chi connectivity index (χ0) is 15.0. The van der Waals surface area contributed by atoms with Crippen molar-refractivity contribution in [3.63, 3.8) is 0 Å². The van der Waals surface area contributed by atoms with E-state index in [2.05, 4.69) is 0 Å². The Morgan fingerprint density at radius 1 is 1.40 bits per heavy atom.